The summed E-state index contributed by atoms with van der Waals surface area (Å²) in [6.45, 7) is 5.14. The van der Waals surface area contributed by atoms with Crippen LogP contribution < -0.4 is 5.32 Å². The van der Waals surface area contributed by atoms with Gasteiger partial charge in [-0.15, -0.1) is 24.0 Å². The van der Waals surface area contributed by atoms with Gasteiger partial charge < -0.3 is 24.3 Å². The molecule has 2 aliphatic rings. The Morgan fingerprint density at radius 2 is 1.81 bits per heavy atom. The number of aliphatic imine (C=N–C) groups is 1. The first kappa shape index (κ1) is 24.6. The van der Waals surface area contributed by atoms with Gasteiger partial charge in [-0.2, -0.15) is 0 Å². The van der Waals surface area contributed by atoms with E-state index in [4.69, 9.17) is 14.1 Å². The number of amides is 1. The largest absolute Gasteiger partial charge is 0.469 e. The van der Waals surface area contributed by atoms with Crippen molar-refractivity contribution < 1.29 is 13.9 Å². The molecule has 1 N–H and O–H groups in total. The van der Waals surface area contributed by atoms with E-state index in [1.54, 1.807) is 6.26 Å². The van der Waals surface area contributed by atoms with Crippen LogP contribution in [0.2, 0.25) is 0 Å². The molecule has 1 amide bonds. The van der Waals surface area contributed by atoms with E-state index in [0.717, 1.165) is 57.0 Å². The number of nitrogens with one attached hydrogen (secondary N) is 1. The molecule has 0 radical (unpaired) electrons. The van der Waals surface area contributed by atoms with Gasteiger partial charge in [0.2, 0.25) is 0 Å². The molecule has 2 fully saturated rings. The van der Waals surface area contributed by atoms with E-state index in [1.165, 1.54) is 5.56 Å². The molecule has 174 valence electrons. The molecular formula is C24H33IN4O3. The van der Waals surface area contributed by atoms with Crippen LogP contribution >= 0.6 is 24.0 Å². The van der Waals surface area contributed by atoms with E-state index < -0.39 is 0 Å². The lowest BCUT2D eigenvalue weighted by Gasteiger charge is -2.37. The lowest BCUT2D eigenvalue weighted by molar-refractivity contribution is -0.142. The third-order valence-corrected chi connectivity index (χ3v) is 5.84. The summed E-state index contributed by atoms with van der Waals surface area (Å²) in [5.74, 6) is 2.00. The van der Waals surface area contributed by atoms with Gasteiger partial charge in [0.25, 0.3) is 5.91 Å². The van der Waals surface area contributed by atoms with Crippen molar-refractivity contribution in [3.63, 3.8) is 0 Å². The summed E-state index contributed by atoms with van der Waals surface area (Å²) in [4.78, 5) is 21.7. The number of carbonyl (C=O) groups excluding carboxylic acids is 1. The van der Waals surface area contributed by atoms with Crippen LogP contribution in [0.4, 0.5) is 0 Å². The Morgan fingerprint density at radius 3 is 2.50 bits per heavy atom. The molecule has 1 unspecified atom stereocenters. The Hall–Kier alpha value is -2.07. The van der Waals surface area contributed by atoms with Crippen LogP contribution in [0.3, 0.4) is 0 Å². The Kier molecular flexibility index (Phi) is 9.86. The lowest BCUT2D eigenvalue weighted by atomic mass is 10.1. The molecule has 2 aromatic rings. The molecule has 3 heterocycles. The van der Waals surface area contributed by atoms with Gasteiger partial charge in [0.05, 0.1) is 6.26 Å². The monoisotopic (exact) mass is 552 g/mol. The highest BCUT2D eigenvalue weighted by Gasteiger charge is 2.30. The summed E-state index contributed by atoms with van der Waals surface area (Å²) in [5, 5.41) is 3.53. The first-order chi connectivity index (χ1) is 15.3. The minimum atomic E-state index is -0.239. The summed E-state index contributed by atoms with van der Waals surface area (Å²) >= 11 is 0. The molecule has 1 atom stereocenters. The van der Waals surface area contributed by atoms with E-state index in [1.807, 2.05) is 23.1 Å². The van der Waals surface area contributed by atoms with Gasteiger partial charge in [0.1, 0.15) is 11.9 Å². The van der Waals surface area contributed by atoms with Crippen LogP contribution in [-0.2, 0) is 22.4 Å². The Morgan fingerprint density at radius 1 is 1.03 bits per heavy atom. The van der Waals surface area contributed by atoms with Crippen LogP contribution in [0.5, 0.6) is 0 Å². The fraction of sp³-hybridized carbons (Fsp3) is 0.500. The number of hydrogen-bond donors (Lipinski definition) is 1. The maximum absolute atomic E-state index is 12.6. The predicted octanol–water partition coefficient (Wildman–Crippen LogP) is 2.95. The van der Waals surface area contributed by atoms with Crippen LogP contribution in [-0.4, -0.2) is 73.6 Å². The third kappa shape index (κ3) is 6.96. The van der Waals surface area contributed by atoms with Crippen LogP contribution in [0.25, 0.3) is 0 Å². The van der Waals surface area contributed by atoms with Crippen molar-refractivity contribution in [2.24, 2.45) is 4.99 Å². The van der Waals surface area contributed by atoms with Gasteiger partial charge in [-0.05, 0) is 37.0 Å². The molecule has 4 rings (SSSR count). The SMILES string of the molecule is I.O=C(C1CCCO1)N1CCN(C(=NCCc2ccco2)NCCc2ccccc2)CC1. The number of nitrogens with zero attached hydrogens (tertiary/aromatic N) is 3. The van der Waals surface area contributed by atoms with Crippen LogP contribution in [0.1, 0.15) is 24.2 Å². The molecule has 0 bridgehead atoms. The van der Waals surface area contributed by atoms with Crippen molar-refractivity contribution in [3.05, 3.63) is 60.1 Å². The van der Waals surface area contributed by atoms with E-state index in [0.29, 0.717) is 26.2 Å². The molecule has 32 heavy (non-hydrogen) atoms. The van der Waals surface area contributed by atoms with Gasteiger partial charge in [0.15, 0.2) is 5.96 Å². The standard InChI is InChI=1S/C24H32N4O3.HI/c29-23(22-9-5-19-31-22)27-14-16-28(17-15-27)24(26-13-11-21-8-4-18-30-21)25-12-10-20-6-2-1-3-7-20;/h1-4,6-8,18,22H,5,9-17,19H2,(H,25,26);1H. The van der Waals surface area contributed by atoms with Crippen molar-refractivity contribution >= 4 is 35.8 Å². The van der Waals surface area contributed by atoms with E-state index in [2.05, 4.69) is 34.5 Å². The second-order valence-electron chi connectivity index (χ2n) is 8.01. The highest BCUT2D eigenvalue weighted by molar-refractivity contribution is 14.0. The number of halogens is 1. The van der Waals surface area contributed by atoms with Crippen molar-refractivity contribution in [2.75, 3.05) is 45.9 Å². The summed E-state index contributed by atoms with van der Waals surface area (Å²) in [6.07, 6.45) is 5.00. The number of furan rings is 1. The normalized spacial score (nSPS) is 19.0. The van der Waals surface area contributed by atoms with Gasteiger partial charge in [0, 0.05) is 52.3 Å². The van der Waals surface area contributed by atoms with Crippen molar-refractivity contribution in [1.82, 2.24) is 15.1 Å². The zero-order chi connectivity index (χ0) is 21.3. The summed E-state index contributed by atoms with van der Waals surface area (Å²) in [5.41, 5.74) is 1.30. The predicted molar refractivity (Wildman–Crippen MR) is 135 cm³/mol. The average Bonchev–Trinajstić information content (AvgIpc) is 3.53. The van der Waals surface area contributed by atoms with Gasteiger partial charge >= 0.3 is 0 Å². The summed E-state index contributed by atoms with van der Waals surface area (Å²) in [6, 6.07) is 14.3. The van der Waals surface area contributed by atoms with Crippen LogP contribution in [0, 0.1) is 0 Å². The third-order valence-electron chi connectivity index (χ3n) is 5.84. The van der Waals surface area contributed by atoms with Crippen molar-refractivity contribution in [3.8, 4) is 0 Å². The highest BCUT2D eigenvalue weighted by Crippen LogP contribution is 2.16. The Bertz CT molecular complexity index is 830. The number of carbonyl (C=O) groups is 1. The summed E-state index contributed by atoms with van der Waals surface area (Å²) in [7, 11) is 0. The smallest absolute Gasteiger partial charge is 0.251 e. The second kappa shape index (κ2) is 12.8. The molecule has 0 saturated carbocycles. The fourth-order valence-corrected chi connectivity index (χ4v) is 4.07. The topological polar surface area (TPSA) is 70.3 Å². The first-order valence-corrected chi connectivity index (χ1v) is 11.3. The minimum Gasteiger partial charge on any atom is -0.469 e. The molecule has 0 aliphatic carbocycles. The zero-order valence-corrected chi connectivity index (χ0v) is 20.8. The zero-order valence-electron chi connectivity index (χ0n) is 18.4. The number of benzene rings is 1. The number of hydrogen-bond acceptors (Lipinski definition) is 4. The Labute approximate surface area is 207 Å². The second-order valence-corrected chi connectivity index (χ2v) is 8.01. The average molecular weight is 552 g/mol. The molecule has 1 aromatic carbocycles. The molecule has 0 spiro atoms. The van der Waals surface area contributed by atoms with Crippen molar-refractivity contribution in [2.45, 2.75) is 31.8 Å². The molecule has 1 aromatic heterocycles. The lowest BCUT2D eigenvalue weighted by Crippen LogP contribution is -2.55. The number of rotatable bonds is 7. The van der Waals surface area contributed by atoms with Crippen molar-refractivity contribution in [1.29, 1.82) is 0 Å². The van der Waals surface area contributed by atoms with Gasteiger partial charge in [-0.1, -0.05) is 30.3 Å². The van der Waals surface area contributed by atoms with Crippen LogP contribution in [0.15, 0.2) is 58.1 Å². The quantitative estimate of drug-likeness (QED) is 0.325. The Balaban J connectivity index is 0.00000289. The maximum Gasteiger partial charge on any atom is 0.251 e. The molecule has 2 aliphatic heterocycles. The van der Waals surface area contributed by atoms with Gasteiger partial charge in [-0.25, -0.2) is 0 Å². The number of piperazine rings is 1. The number of ether oxygens (including phenoxy) is 1. The molecule has 8 heteroatoms. The van der Waals surface area contributed by atoms with E-state index in [9.17, 15) is 4.79 Å². The summed E-state index contributed by atoms with van der Waals surface area (Å²) < 4.78 is 11.0. The fourth-order valence-electron chi connectivity index (χ4n) is 4.07. The maximum atomic E-state index is 12.6. The van der Waals surface area contributed by atoms with Gasteiger partial charge in [-0.3, -0.25) is 9.79 Å². The molecule has 7 nitrogen and oxygen atoms in total. The molecule has 2 saturated heterocycles. The van der Waals surface area contributed by atoms with E-state index >= 15 is 0 Å². The minimum absolute atomic E-state index is 0. The molecular weight excluding hydrogens is 519 g/mol. The highest BCUT2D eigenvalue weighted by atomic mass is 127. The number of guanidine groups is 1. The van der Waals surface area contributed by atoms with E-state index in [-0.39, 0.29) is 36.0 Å². The first-order valence-electron chi connectivity index (χ1n) is 11.3.